The van der Waals surface area contributed by atoms with Gasteiger partial charge in [0.25, 0.3) is 0 Å². The Morgan fingerprint density at radius 3 is 3.00 bits per heavy atom. The lowest BCUT2D eigenvalue weighted by Crippen LogP contribution is -2.18. The summed E-state index contributed by atoms with van der Waals surface area (Å²) in [4.78, 5) is 4.57. The zero-order valence-corrected chi connectivity index (χ0v) is 14.7. The molecule has 0 atom stereocenters. The maximum Gasteiger partial charge on any atom is 0.131 e. The number of nitrogens with zero attached hydrogens (tertiary/aromatic N) is 1. The lowest BCUT2D eigenvalue weighted by atomic mass is 10.2. The molecule has 20 heavy (non-hydrogen) atoms. The average molecular weight is 402 g/mol. The largest absolute Gasteiger partial charge is 0.487 e. The van der Waals surface area contributed by atoms with Crippen LogP contribution in [0.3, 0.4) is 0 Å². The number of aromatic nitrogens is 1. The van der Waals surface area contributed by atoms with E-state index in [4.69, 9.17) is 4.74 Å². The van der Waals surface area contributed by atoms with Crippen molar-refractivity contribution in [2.45, 2.75) is 27.0 Å². The van der Waals surface area contributed by atoms with Gasteiger partial charge in [0.1, 0.15) is 17.4 Å². The van der Waals surface area contributed by atoms with Crippen molar-refractivity contribution >= 4 is 33.9 Å². The first-order valence-corrected chi connectivity index (χ1v) is 8.61. The smallest absolute Gasteiger partial charge is 0.131 e. The number of thiazole rings is 1. The van der Waals surface area contributed by atoms with Crippen molar-refractivity contribution in [1.29, 1.82) is 0 Å². The summed E-state index contributed by atoms with van der Waals surface area (Å²) in [5, 5.41) is 6.59. The molecule has 5 heteroatoms. The van der Waals surface area contributed by atoms with Gasteiger partial charge in [0.05, 0.1) is 5.69 Å². The minimum Gasteiger partial charge on any atom is -0.487 e. The molecule has 108 valence electrons. The Labute approximate surface area is 137 Å². The van der Waals surface area contributed by atoms with Crippen molar-refractivity contribution in [3.63, 3.8) is 0 Å². The minimum atomic E-state index is 0.529. The molecule has 1 aromatic carbocycles. The van der Waals surface area contributed by atoms with Crippen molar-refractivity contribution in [2.24, 2.45) is 5.92 Å². The van der Waals surface area contributed by atoms with E-state index in [2.05, 4.69) is 58.2 Å². The summed E-state index contributed by atoms with van der Waals surface area (Å²) in [5.74, 6) is 1.56. The second kappa shape index (κ2) is 7.95. The molecule has 1 N–H and O–H groups in total. The number of halogens is 1. The Kier molecular flexibility index (Phi) is 6.25. The zero-order chi connectivity index (χ0) is 14.4. The standard InChI is InChI=1S/C15H19IN2OS/c1-11(2)7-17-8-15-18-13(10-20-15)9-19-14-5-3-4-12(16)6-14/h3-6,10-11,17H,7-9H2,1-2H3. The van der Waals surface area contributed by atoms with Crippen LogP contribution in [0.1, 0.15) is 24.5 Å². The van der Waals surface area contributed by atoms with Crippen LogP contribution in [0, 0.1) is 9.49 Å². The maximum atomic E-state index is 5.75. The van der Waals surface area contributed by atoms with Gasteiger partial charge in [-0.3, -0.25) is 0 Å². The Balaban J connectivity index is 1.80. The molecule has 0 aliphatic rings. The molecule has 0 aliphatic heterocycles. The van der Waals surface area contributed by atoms with Crippen LogP contribution >= 0.6 is 33.9 Å². The van der Waals surface area contributed by atoms with Crippen molar-refractivity contribution in [2.75, 3.05) is 6.54 Å². The fourth-order valence-corrected chi connectivity index (χ4v) is 2.94. The summed E-state index contributed by atoms with van der Waals surface area (Å²) in [7, 11) is 0. The number of rotatable bonds is 7. The van der Waals surface area contributed by atoms with E-state index in [9.17, 15) is 0 Å². The van der Waals surface area contributed by atoms with Crippen LogP contribution in [0.4, 0.5) is 0 Å². The Bertz CT molecular complexity index is 542. The van der Waals surface area contributed by atoms with E-state index in [0.29, 0.717) is 12.5 Å². The van der Waals surface area contributed by atoms with Gasteiger partial charge in [-0.1, -0.05) is 19.9 Å². The van der Waals surface area contributed by atoms with Crippen LogP contribution in [0.25, 0.3) is 0 Å². The molecule has 0 aliphatic carbocycles. The Morgan fingerprint density at radius 2 is 2.25 bits per heavy atom. The minimum absolute atomic E-state index is 0.529. The van der Waals surface area contributed by atoms with Gasteiger partial charge in [-0.2, -0.15) is 0 Å². The molecular formula is C15H19IN2OS. The molecule has 1 aromatic heterocycles. The van der Waals surface area contributed by atoms with Crippen molar-refractivity contribution < 1.29 is 4.74 Å². The van der Waals surface area contributed by atoms with Crippen LogP contribution in [-0.2, 0) is 13.2 Å². The van der Waals surface area contributed by atoms with Crippen LogP contribution in [0.5, 0.6) is 5.75 Å². The SMILES string of the molecule is CC(C)CNCc1nc(COc2cccc(I)c2)cs1. The van der Waals surface area contributed by atoms with Crippen LogP contribution in [0.15, 0.2) is 29.6 Å². The number of hydrogen-bond donors (Lipinski definition) is 1. The lowest BCUT2D eigenvalue weighted by Gasteiger charge is -2.05. The van der Waals surface area contributed by atoms with Gasteiger partial charge in [-0.15, -0.1) is 11.3 Å². The fraction of sp³-hybridized carbons (Fsp3) is 0.400. The molecule has 2 aromatic rings. The summed E-state index contributed by atoms with van der Waals surface area (Å²) < 4.78 is 6.93. The lowest BCUT2D eigenvalue weighted by molar-refractivity contribution is 0.301. The van der Waals surface area contributed by atoms with Crippen molar-refractivity contribution in [3.05, 3.63) is 43.9 Å². The Hall–Kier alpha value is -0.660. The summed E-state index contributed by atoms with van der Waals surface area (Å²) in [6.07, 6.45) is 0. The average Bonchev–Trinajstić information content (AvgIpc) is 2.84. The normalized spacial score (nSPS) is 11.0. The number of benzene rings is 1. The highest BCUT2D eigenvalue weighted by Gasteiger charge is 2.03. The third-order valence-corrected chi connectivity index (χ3v) is 4.18. The van der Waals surface area contributed by atoms with Crippen LogP contribution in [0.2, 0.25) is 0 Å². The van der Waals surface area contributed by atoms with Crippen LogP contribution < -0.4 is 10.1 Å². The fourth-order valence-electron chi connectivity index (χ4n) is 1.68. The van der Waals surface area contributed by atoms with E-state index in [1.165, 1.54) is 3.57 Å². The molecule has 1 heterocycles. The molecule has 0 fully saturated rings. The van der Waals surface area contributed by atoms with Gasteiger partial charge in [0.2, 0.25) is 0 Å². The highest BCUT2D eigenvalue weighted by molar-refractivity contribution is 14.1. The highest BCUT2D eigenvalue weighted by Crippen LogP contribution is 2.17. The van der Waals surface area contributed by atoms with Gasteiger partial charge in [0.15, 0.2) is 0 Å². The second-order valence-corrected chi connectivity index (χ2v) is 7.19. The zero-order valence-electron chi connectivity index (χ0n) is 11.7. The molecule has 0 saturated heterocycles. The van der Waals surface area contributed by atoms with Crippen molar-refractivity contribution in [3.8, 4) is 5.75 Å². The molecule has 0 unspecified atom stereocenters. The van der Waals surface area contributed by atoms with Gasteiger partial charge in [-0.25, -0.2) is 4.98 Å². The van der Waals surface area contributed by atoms with Gasteiger partial charge in [0, 0.05) is 15.5 Å². The summed E-state index contributed by atoms with van der Waals surface area (Å²) >= 11 is 3.97. The predicted octanol–water partition coefficient (Wildman–Crippen LogP) is 4.07. The first-order chi connectivity index (χ1) is 9.63. The molecule has 0 spiro atoms. The summed E-state index contributed by atoms with van der Waals surface area (Å²) in [6.45, 7) is 6.80. The van der Waals surface area contributed by atoms with Crippen LogP contribution in [-0.4, -0.2) is 11.5 Å². The molecule has 2 rings (SSSR count). The molecule has 0 amide bonds. The van der Waals surface area contributed by atoms with Gasteiger partial charge >= 0.3 is 0 Å². The van der Waals surface area contributed by atoms with E-state index >= 15 is 0 Å². The third kappa shape index (κ3) is 5.38. The van der Waals surface area contributed by atoms with Gasteiger partial charge < -0.3 is 10.1 Å². The summed E-state index contributed by atoms with van der Waals surface area (Å²) in [6, 6.07) is 8.05. The number of ether oxygens (including phenoxy) is 1. The monoisotopic (exact) mass is 402 g/mol. The highest BCUT2D eigenvalue weighted by atomic mass is 127. The van der Waals surface area contributed by atoms with E-state index in [-0.39, 0.29) is 0 Å². The second-order valence-electron chi connectivity index (χ2n) is 5.00. The Morgan fingerprint density at radius 1 is 1.40 bits per heavy atom. The number of hydrogen-bond acceptors (Lipinski definition) is 4. The van der Waals surface area contributed by atoms with E-state index in [1.54, 1.807) is 11.3 Å². The summed E-state index contributed by atoms with van der Waals surface area (Å²) in [5.41, 5.74) is 0.996. The number of nitrogens with one attached hydrogen (secondary N) is 1. The topological polar surface area (TPSA) is 34.2 Å². The van der Waals surface area contributed by atoms with E-state index in [0.717, 1.165) is 29.5 Å². The van der Waals surface area contributed by atoms with E-state index < -0.39 is 0 Å². The third-order valence-electron chi connectivity index (χ3n) is 2.61. The molecule has 3 nitrogen and oxygen atoms in total. The molecule has 0 saturated carbocycles. The van der Waals surface area contributed by atoms with E-state index in [1.807, 2.05) is 18.2 Å². The molecular weight excluding hydrogens is 383 g/mol. The molecule has 0 bridgehead atoms. The van der Waals surface area contributed by atoms with Gasteiger partial charge in [-0.05, 0) is 53.3 Å². The maximum absolute atomic E-state index is 5.75. The first-order valence-electron chi connectivity index (χ1n) is 6.66. The first kappa shape index (κ1) is 15.7. The molecule has 0 radical (unpaired) electrons. The quantitative estimate of drug-likeness (QED) is 0.709. The van der Waals surface area contributed by atoms with Crippen molar-refractivity contribution in [1.82, 2.24) is 10.3 Å². The predicted molar refractivity (Wildman–Crippen MR) is 92.1 cm³/mol.